The number of methoxy groups -OCH3 is 1. The average Bonchev–Trinajstić information content (AvgIpc) is 3.41. The molecule has 1 aromatic carbocycles. The molecule has 3 heterocycles. The topological polar surface area (TPSA) is 30.9 Å². The van der Waals surface area contributed by atoms with E-state index in [0.29, 0.717) is 23.3 Å². The summed E-state index contributed by atoms with van der Waals surface area (Å²) in [7, 11) is 1.80. The van der Waals surface area contributed by atoms with Crippen molar-refractivity contribution < 1.29 is 14.2 Å². The maximum absolute atomic E-state index is 7.04. The third-order valence-electron chi connectivity index (χ3n) is 10.8. The van der Waals surface area contributed by atoms with Crippen LogP contribution >= 0.6 is 0 Å². The van der Waals surface area contributed by atoms with Crippen LogP contribution in [-0.2, 0) is 16.6 Å². The molecule has 0 unspecified atom stereocenters. The van der Waals surface area contributed by atoms with Crippen molar-refractivity contribution >= 4 is 0 Å². The van der Waals surface area contributed by atoms with Gasteiger partial charge < -0.3 is 14.2 Å². The molecular weight excluding hydrogens is 374 g/mol. The minimum atomic E-state index is -0.0803. The van der Waals surface area contributed by atoms with Gasteiger partial charge in [0.2, 0.25) is 0 Å². The molecule has 0 radical (unpaired) electrons. The predicted molar refractivity (Wildman–Crippen MR) is 113 cm³/mol. The number of likely N-dealkylation sites (tertiary alicyclic amines) is 1. The maximum atomic E-state index is 7.04. The molecule has 6 fully saturated rings. The number of hydrogen-bond donors (Lipinski definition) is 0. The molecule has 0 N–H and O–H groups in total. The Morgan fingerprint density at radius 3 is 2.93 bits per heavy atom. The Bertz CT molecular complexity index is 958. The van der Waals surface area contributed by atoms with E-state index in [0.717, 1.165) is 24.0 Å². The molecule has 3 aliphatic heterocycles. The van der Waals surface area contributed by atoms with Gasteiger partial charge in [-0.25, -0.2) is 0 Å². The highest BCUT2D eigenvalue weighted by Crippen LogP contribution is 2.78. The molecule has 4 nitrogen and oxygen atoms in total. The van der Waals surface area contributed by atoms with Crippen LogP contribution in [0.2, 0.25) is 0 Å². The summed E-state index contributed by atoms with van der Waals surface area (Å²) >= 11 is 0. The Labute approximate surface area is 179 Å². The molecule has 1 aromatic rings. The van der Waals surface area contributed by atoms with Crippen molar-refractivity contribution in [1.82, 2.24) is 4.90 Å². The van der Waals surface area contributed by atoms with Gasteiger partial charge in [0.05, 0.1) is 13.7 Å². The number of piperidine rings is 1. The van der Waals surface area contributed by atoms with E-state index in [4.69, 9.17) is 14.2 Å². The number of ether oxygens (including phenoxy) is 3. The fourth-order valence-electron chi connectivity index (χ4n) is 9.57. The minimum Gasteiger partial charge on any atom is -0.493 e. The zero-order chi connectivity index (χ0) is 19.9. The van der Waals surface area contributed by atoms with Crippen molar-refractivity contribution in [2.45, 2.75) is 75.0 Å². The van der Waals surface area contributed by atoms with Gasteiger partial charge in [-0.2, -0.15) is 0 Å². The van der Waals surface area contributed by atoms with E-state index in [9.17, 15) is 0 Å². The smallest absolute Gasteiger partial charge is 0.165 e. The zero-order valence-electron chi connectivity index (χ0n) is 18.3. The van der Waals surface area contributed by atoms with Gasteiger partial charge in [0, 0.05) is 29.0 Å². The highest BCUT2D eigenvalue weighted by molar-refractivity contribution is 5.63. The molecule has 2 saturated heterocycles. The first kappa shape index (κ1) is 17.3. The molecule has 30 heavy (non-hydrogen) atoms. The second-order valence-corrected chi connectivity index (χ2v) is 11.7. The minimum absolute atomic E-state index is 0.0803. The van der Waals surface area contributed by atoms with Crippen LogP contribution in [0.5, 0.6) is 11.5 Å². The molecular formula is C26H33NO3. The summed E-state index contributed by atoms with van der Waals surface area (Å²) in [5.41, 5.74) is 3.48. The van der Waals surface area contributed by atoms with Gasteiger partial charge in [-0.1, -0.05) is 13.0 Å². The maximum Gasteiger partial charge on any atom is 0.165 e. The van der Waals surface area contributed by atoms with Crippen molar-refractivity contribution in [2.75, 3.05) is 26.8 Å². The number of hydrogen-bond acceptors (Lipinski definition) is 4. The Kier molecular flexibility index (Phi) is 3.00. The number of benzene rings is 1. The molecule has 5 aliphatic carbocycles. The fraction of sp³-hybridized carbons (Fsp3) is 0.769. The van der Waals surface area contributed by atoms with Gasteiger partial charge in [-0.05, 0) is 80.9 Å². The Morgan fingerprint density at radius 1 is 1.20 bits per heavy atom. The summed E-state index contributed by atoms with van der Waals surface area (Å²) in [6.45, 7) is 5.90. The third kappa shape index (κ3) is 1.65. The van der Waals surface area contributed by atoms with Gasteiger partial charge in [0.1, 0.15) is 11.7 Å². The quantitative estimate of drug-likeness (QED) is 0.759. The second-order valence-electron chi connectivity index (χ2n) is 11.7. The lowest BCUT2D eigenvalue weighted by Crippen LogP contribution is -2.80. The van der Waals surface area contributed by atoms with Gasteiger partial charge in [-0.15, -0.1) is 0 Å². The lowest BCUT2D eigenvalue weighted by atomic mass is 9.34. The molecule has 9 rings (SSSR count). The zero-order valence-corrected chi connectivity index (χ0v) is 18.3. The first-order valence-corrected chi connectivity index (χ1v) is 12.4. The van der Waals surface area contributed by atoms with E-state index in [2.05, 4.69) is 24.0 Å². The van der Waals surface area contributed by atoms with Crippen molar-refractivity contribution in [3.05, 3.63) is 23.3 Å². The number of nitrogens with zero attached hydrogens (tertiary/aromatic N) is 1. The van der Waals surface area contributed by atoms with Gasteiger partial charge in [0.15, 0.2) is 11.5 Å². The van der Waals surface area contributed by atoms with Crippen LogP contribution in [-0.4, -0.2) is 49.5 Å². The average molecular weight is 408 g/mol. The molecule has 8 aliphatic rings. The van der Waals surface area contributed by atoms with Crippen molar-refractivity contribution in [2.24, 2.45) is 23.2 Å². The molecule has 0 aromatic heterocycles. The second kappa shape index (κ2) is 5.20. The summed E-state index contributed by atoms with van der Waals surface area (Å²) in [6, 6.07) is 5.20. The van der Waals surface area contributed by atoms with E-state index in [-0.39, 0.29) is 17.1 Å². The summed E-state index contributed by atoms with van der Waals surface area (Å²) in [5.74, 6) is 4.26. The number of rotatable bonds is 3. The third-order valence-corrected chi connectivity index (χ3v) is 10.8. The fourth-order valence-corrected chi connectivity index (χ4v) is 9.57. The summed E-state index contributed by atoms with van der Waals surface area (Å²) in [5, 5.41) is 0. The summed E-state index contributed by atoms with van der Waals surface area (Å²) < 4.78 is 19.7. The van der Waals surface area contributed by atoms with Gasteiger partial charge in [-0.3, -0.25) is 4.90 Å². The Hall–Kier alpha value is -1.26. The van der Waals surface area contributed by atoms with Crippen LogP contribution in [0.25, 0.3) is 0 Å². The first-order valence-electron chi connectivity index (χ1n) is 12.4. The van der Waals surface area contributed by atoms with E-state index in [1.165, 1.54) is 69.2 Å². The van der Waals surface area contributed by atoms with Crippen LogP contribution in [0, 0.1) is 23.2 Å². The van der Waals surface area contributed by atoms with E-state index in [1.807, 2.05) is 0 Å². The standard InChI is InChI=1S/C26H33NO3/c1-15-14-29-26-8-7-24(12-18(15)26)20-11-17-5-6-19(28-2)22-21(17)25(24,23(26)30-22)9-10-27(20)13-16-3-4-16/h5-6,15-16,18,20,23H,3-4,7-14H2,1-2H3/t15-,18+,20+,23+,24+,25-,26+/m0/s1. The Morgan fingerprint density at radius 2 is 2.10 bits per heavy atom. The van der Waals surface area contributed by atoms with Crippen molar-refractivity contribution in [3.8, 4) is 11.5 Å². The van der Waals surface area contributed by atoms with Crippen LogP contribution in [0.1, 0.15) is 56.6 Å². The lowest BCUT2D eigenvalue weighted by Gasteiger charge is -2.73. The molecule has 7 atom stereocenters. The first-order chi connectivity index (χ1) is 14.6. The van der Waals surface area contributed by atoms with E-state index in [1.54, 1.807) is 7.11 Å². The molecule has 4 saturated carbocycles. The molecule has 3 spiro atoms. The monoisotopic (exact) mass is 407 g/mol. The molecule has 0 amide bonds. The lowest BCUT2D eigenvalue weighted by molar-refractivity contribution is -0.260. The van der Waals surface area contributed by atoms with Crippen LogP contribution < -0.4 is 9.47 Å². The van der Waals surface area contributed by atoms with Crippen LogP contribution in [0.3, 0.4) is 0 Å². The van der Waals surface area contributed by atoms with E-state index < -0.39 is 0 Å². The van der Waals surface area contributed by atoms with Crippen molar-refractivity contribution in [3.63, 3.8) is 0 Å². The predicted octanol–water partition coefficient (Wildman–Crippen LogP) is 3.94. The summed E-state index contributed by atoms with van der Waals surface area (Å²) in [4.78, 5) is 2.93. The normalized spacial score (nSPS) is 49.5. The summed E-state index contributed by atoms with van der Waals surface area (Å²) in [6.07, 6.45) is 9.36. The highest BCUT2D eigenvalue weighted by atomic mass is 16.6. The highest BCUT2D eigenvalue weighted by Gasteiger charge is 2.82. The molecule has 4 heteroatoms. The van der Waals surface area contributed by atoms with Crippen molar-refractivity contribution in [1.29, 1.82) is 0 Å². The number of fused-ring (bicyclic) bond motifs is 1. The van der Waals surface area contributed by atoms with E-state index >= 15 is 0 Å². The van der Waals surface area contributed by atoms with Crippen LogP contribution in [0.4, 0.5) is 0 Å². The van der Waals surface area contributed by atoms with Crippen LogP contribution in [0.15, 0.2) is 12.1 Å². The molecule has 160 valence electrons. The largest absolute Gasteiger partial charge is 0.493 e. The van der Waals surface area contributed by atoms with Gasteiger partial charge in [0.25, 0.3) is 0 Å². The molecule has 4 bridgehead atoms. The van der Waals surface area contributed by atoms with Gasteiger partial charge >= 0.3 is 0 Å². The SMILES string of the molecule is COc1ccc2c3c1O[C@H]1[C@@]45CC[C@@]6(C[C@@H]4[C@@H](C)CO5)[C@@H](C2)N(CC2CC2)CC[C@]316. The Balaban J connectivity index is 1.39.